The summed E-state index contributed by atoms with van der Waals surface area (Å²) in [5.41, 5.74) is 8.33. The number of fused-ring (bicyclic) bond motifs is 1. The molecule has 0 bridgehead atoms. The third-order valence-corrected chi connectivity index (χ3v) is 4.18. The molecule has 1 aliphatic rings. The van der Waals surface area contributed by atoms with Gasteiger partial charge in [0.05, 0.1) is 6.20 Å². The summed E-state index contributed by atoms with van der Waals surface area (Å²) in [6.45, 7) is 0.375. The van der Waals surface area contributed by atoms with Gasteiger partial charge < -0.3 is 11.1 Å². The second kappa shape index (κ2) is 5.10. The predicted molar refractivity (Wildman–Crippen MR) is 71.9 cm³/mol. The summed E-state index contributed by atoms with van der Waals surface area (Å²) in [6, 6.07) is 0.153. The van der Waals surface area contributed by atoms with Crippen LogP contribution in [0.2, 0.25) is 0 Å². The summed E-state index contributed by atoms with van der Waals surface area (Å²) in [5.74, 6) is -0.118. The first-order valence-corrected chi connectivity index (χ1v) is 7.10. The topological polar surface area (TPSA) is 96.7 Å². The first-order chi connectivity index (χ1) is 9.26. The number of aryl methyl sites for hydroxylation is 1. The Bertz CT molecular complexity index is 590. The number of amides is 1. The Kier molecular flexibility index (Phi) is 3.31. The third-order valence-electron chi connectivity index (χ3n) is 3.31. The smallest absolute Gasteiger partial charge is 0.270 e. The van der Waals surface area contributed by atoms with Crippen molar-refractivity contribution in [1.29, 1.82) is 0 Å². The maximum absolute atomic E-state index is 12.1. The van der Waals surface area contributed by atoms with Crippen LogP contribution in [0.4, 0.5) is 0 Å². The molecule has 0 aromatic carbocycles. The minimum absolute atomic E-state index is 0.118. The Hall–Kier alpha value is -1.73. The molecule has 0 spiro atoms. The minimum Gasteiger partial charge on any atom is -0.348 e. The van der Waals surface area contributed by atoms with Gasteiger partial charge in [0.1, 0.15) is 10.7 Å². The molecular formula is C12H15N5OS. The predicted octanol–water partition coefficient (Wildman–Crippen LogP) is 0.612. The van der Waals surface area contributed by atoms with Crippen molar-refractivity contribution < 1.29 is 4.79 Å². The van der Waals surface area contributed by atoms with Crippen LogP contribution in [0.25, 0.3) is 0 Å². The number of carbonyl (C=O) groups excluding carboxylic acids is 1. The van der Waals surface area contributed by atoms with Gasteiger partial charge in [0.15, 0.2) is 0 Å². The Balaban J connectivity index is 1.64. The molecule has 1 aliphatic carbocycles. The number of aromatic nitrogens is 3. The van der Waals surface area contributed by atoms with Crippen molar-refractivity contribution in [1.82, 2.24) is 20.5 Å². The number of rotatable bonds is 3. The maximum Gasteiger partial charge on any atom is 0.270 e. The van der Waals surface area contributed by atoms with Crippen LogP contribution in [0.3, 0.4) is 0 Å². The quantitative estimate of drug-likeness (QED) is 0.766. The van der Waals surface area contributed by atoms with Crippen molar-refractivity contribution >= 4 is 17.2 Å². The fourth-order valence-electron chi connectivity index (χ4n) is 2.31. The molecule has 0 aliphatic heterocycles. The Morgan fingerprint density at radius 3 is 3.32 bits per heavy atom. The summed E-state index contributed by atoms with van der Waals surface area (Å²) in [7, 11) is 0. The highest BCUT2D eigenvalue weighted by molar-refractivity contribution is 7.09. The van der Waals surface area contributed by atoms with E-state index in [0.717, 1.165) is 24.3 Å². The van der Waals surface area contributed by atoms with Gasteiger partial charge in [-0.15, -0.1) is 11.3 Å². The Morgan fingerprint density at radius 1 is 1.63 bits per heavy atom. The van der Waals surface area contributed by atoms with Gasteiger partial charge in [-0.3, -0.25) is 9.89 Å². The first kappa shape index (κ1) is 12.3. The highest BCUT2D eigenvalue weighted by atomic mass is 32.1. The fourth-order valence-corrected chi connectivity index (χ4v) is 2.96. The monoisotopic (exact) mass is 277 g/mol. The lowest BCUT2D eigenvalue weighted by Gasteiger charge is -2.22. The Morgan fingerprint density at radius 2 is 2.53 bits per heavy atom. The van der Waals surface area contributed by atoms with Gasteiger partial charge in [-0.05, 0) is 24.8 Å². The van der Waals surface area contributed by atoms with Crippen molar-refractivity contribution in [2.75, 3.05) is 0 Å². The van der Waals surface area contributed by atoms with Crippen LogP contribution in [0, 0.1) is 0 Å². The number of H-pyrrole nitrogens is 1. The van der Waals surface area contributed by atoms with E-state index in [0.29, 0.717) is 12.2 Å². The summed E-state index contributed by atoms with van der Waals surface area (Å²) in [6.07, 6.45) is 4.51. The number of nitrogens with one attached hydrogen (secondary N) is 2. The van der Waals surface area contributed by atoms with Crippen molar-refractivity contribution in [3.63, 3.8) is 0 Å². The molecule has 6 nitrogen and oxygen atoms in total. The van der Waals surface area contributed by atoms with Gasteiger partial charge in [0.25, 0.3) is 5.91 Å². The van der Waals surface area contributed by atoms with Gasteiger partial charge in [-0.2, -0.15) is 5.10 Å². The van der Waals surface area contributed by atoms with Crippen LogP contribution in [-0.2, 0) is 19.4 Å². The molecule has 7 heteroatoms. The van der Waals surface area contributed by atoms with E-state index in [1.807, 2.05) is 6.20 Å². The third kappa shape index (κ3) is 2.52. The van der Waals surface area contributed by atoms with E-state index in [2.05, 4.69) is 20.5 Å². The Labute approximate surface area is 114 Å². The highest BCUT2D eigenvalue weighted by Crippen LogP contribution is 2.19. The standard InChI is InChI=1S/C12H15N5OS/c13-4-11-16-10(6-19-11)12(18)15-8-1-2-9-7(3-8)5-14-17-9/h5-6,8H,1-4,13H2,(H,14,17)(H,15,18). The number of carbonyl (C=O) groups is 1. The van der Waals surface area contributed by atoms with Crippen LogP contribution in [0.5, 0.6) is 0 Å². The van der Waals surface area contributed by atoms with Crippen LogP contribution < -0.4 is 11.1 Å². The second-order valence-electron chi connectivity index (χ2n) is 4.62. The maximum atomic E-state index is 12.1. The molecule has 0 saturated carbocycles. The summed E-state index contributed by atoms with van der Waals surface area (Å²) < 4.78 is 0. The van der Waals surface area contributed by atoms with Crippen molar-refractivity contribution in [2.24, 2.45) is 5.73 Å². The van der Waals surface area contributed by atoms with Gasteiger partial charge in [0, 0.05) is 23.7 Å². The molecule has 2 aromatic rings. The molecule has 4 N–H and O–H groups in total. The number of hydrogen-bond acceptors (Lipinski definition) is 5. The van der Waals surface area contributed by atoms with Crippen molar-refractivity contribution in [3.8, 4) is 0 Å². The average molecular weight is 277 g/mol. The zero-order chi connectivity index (χ0) is 13.2. The largest absolute Gasteiger partial charge is 0.348 e. The van der Waals surface area contributed by atoms with E-state index in [-0.39, 0.29) is 11.9 Å². The molecule has 2 heterocycles. The van der Waals surface area contributed by atoms with Crippen LogP contribution in [0.15, 0.2) is 11.6 Å². The lowest BCUT2D eigenvalue weighted by atomic mass is 9.93. The van der Waals surface area contributed by atoms with Gasteiger partial charge in [0.2, 0.25) is 0 Å². The zero-order valence-electron chi connectivity index (χ0n) is 10.3. The van der Waals surface area contributed by atoms with Gasteiger partial charge in [-0.1, -0.05) is 0 Å². The number of thiazole rings is 1. The van der Waals surface area contributed by atoms with E-state index in [1.54, 1.807) is 5.38 Å². The summed E-state index contributed by atoms with van der Waals surface area (Å²) in [5, 5.41) is 12.6. The molecule has 2 aromatic heterocycles. The first-order valence-electron chi connectivity index (χ1n) is 6.22. The van der Waals surface area contributed by atoms with Gasteiger partial charge in [-0.25, -0.2) is 4.98 Å². The normalized spacial score (nSPS) is 18.1. The molecule has 100 valence electrons. The van der Waals surface area contributed by atoms with E-state index in [1.165, 1.54) is 22.6 Å². The minimum atomic E-state index is -0.118. The number of aromatic amines is 1. The molecule has 1 unspecified atom stereocenters. The summed E-state index contributed by atoms with van der Waals surface area (Å²) in [4.78, 5) is 16.3. The molecule has 3 rings (SSSR count). The molecule has 19 heavy (non-hydrogen) atoms. The van der Waals surface area contributed by atoms with Crippen LogP contribution in [-0.4, -0.2) is 27.1 Å². The van der Waals surface area contributed by atoms with Crippen LogP contribution in [0.1, 0.15) is 33.2 Å². The van der Waals surface area contributed by atoms with Gasteiger partial charge >= 0.3 is 0 Å². The number of nitrogens with zero attached hydrogens (tertiary/aromatic N) is 2. The fraction of sp³-hybridized carbons (Fsp3) is 0.417. The van der Waals surface area contributed by atoms with Crippen molar-refractivity contribution in [2.45, 2.75) is 31.8 Å². The van der Waals surface area contributed by atoms with E-state index in [4.69, 9.17) is 5.73 Å². The lowest BCUT2D eigenvalue weighted by molar-refractivity contribution is 0.0929. The SMILES string of the molecule is NCc1nc(C(=O)NC2CCc3[nH]ncc3C2)cs1. The molecule has 0 fully saturated rings. The van der Waals surface area contributed by atoms with E-state index >= 15 is 0 Å². The number of hydrogen-bond donors (Lipinski definition) is 3. The van der Waals surface area contributed by atoms with Crippen LogP contribution >= 0.6 is 11.3 Å². The highest BCUT2D eigenvalue weighted by Gasteiger charge is 2.22. The van der Waals surface area contributed by atoms with Crippen molar-refractivity contribution in [3.05, 3.63) is 33.5 Å². The molecular weight excluding hydrogens is 262 g/mol. The average Bonchev–Trinajstić information content (AvgIpc) is 3.06. The molecule has 1 atom stereocenters. The van der Waals surface area contributed by atoms with E-state index < -0.39 is 0 Å². The van der Waals surface area contributed by atoms with E-state index in [9.17, 15) is 4.79 Å². The summed E-state index contributed by atoms with van der Waals surface area (Å²) >= 11 is 1.42. The zero-order valence-corrected chi connectivity index (χ0v) is 11.2. The second-order valence-corrected chi connectivity index (χ2v) is 5.56. The molecule has 1 amide bonds. The molecule has 0 saturated heterocycles. The molecule has 0 radical (unpaired) electrons. The number of nitrogens with two attached hydrogens (primary N) is 1. The lowest BCUT2D eigenvalue weighted by Crippen LogP contribution is -2.38.